The highest BCUT2D eigenvalue weighted by Gasteiger charge is 2.48. The molecule has 1 aromatic rings. The van der Waals surface area contributed by atoms with E-state index in [0.29, 0.717) is 12.1 Å². The largest absolute Gasteiger partial charge is 0.481 e. The van der Waals surface area contributed by atoms with Gasteiger partial charge in [0.05, 0.1) is 11.8 Å². The fourth-order valence-corrected chi connectivity index (χ4v) is 2.08. The molecule has 2 rings (SSSR count). The van der Waals surface area contributed by atoms with E-state index in [1.54, 1.807) is 11.8 Å². The van der Waals surface area contributed by atoms with E-state index in [4.69, 9.17) is 5.11 Å². The lowest BCUT2D eigenvalue weighted by atomic mass is 10.2. The van der Waals surface area contributed by atoms with Crippen LogP contribution in [-0.4, -0.2) is 23.2 Å². The van der Waals surface area contributed by atoms with E-state index < -0.39 is 11.9 Å². The number of anilines is 1. The first kappa shape index (κ1) is 12.0. The van der Waals surface area contributed by atoms with Crippen LogP contribution in [0.25, 0.3) is 0 Å². The van der Waals surface area contributed by atoms with E-state index in [2.05, 4.69) is 5.32 Å². The number of hydrogen-bond donors (Lipinski definition) is 2. The molecule has 2 N–H and O–H groups in total. The fourth-order valence-electron chi connectivity index (χ4n) is 1.67. The number of hydrogen-bond acceptors (Lipinski definition) is 3. The van der Waals surface area contributed by atoms with Crippen molar-refractivity contribution in [1.29, 1.82) is 0 Å². The summed E-state index contributed by atoms with van der Waals surface area (Å²) in [5, 5.41) is 11.5. The van der Waals surface area contributed by atoms with Crippen LogP contribution in [0.2, 0.25) is 0 Å². The molecule has 2 atom stereocenters. The van der Waals surface area contributed by atoms with Crippen LogP contribution in [0.4, 0.5) is 5.69 Å². The van der Waals surface area contributed by atoms with Crippen molar-refractivity contribution >= 4 is 29.3 Å². The topological polar surface area (TPSA) is 66.4 Å². The SMILES string of the molecule is CSc1ccc(NC(=O)C2CC2C(=O)O)cc1. The standard InChI is InChI=1S/C12H13NO3S/c1-17-8-4-2-7(3-5-8)13-11(14)9-6-10(9)12(15)16/h2-5,9-10H,6H2,1H3,(H,13,14)(H,15,16). The van der Waals surface area contributed by atoms with Gasteiger partial charge in [0.1, 0.15) is 0 Å². The third-order valence-corrected chi connectivity index (χ3v) is 3.55. The van der Waals surface area contributed by atoms with Crippen molar-refractivity contribution < 1.29 is 14.7 Å². The molecule has 0 aliphatic heterocycles. The molecular formula is C12H13NO3S. The van der Waals surface area contributed by atoms with E-state index in [0.717, 1.165) is 4.90 Å². The highest BCUT2D eigenvalue weighted by molar-refractivity contribution is 7.98. The molecule has 0 spiro atoms. The normalized spacial score (nSPS) is 21.9. The maximum absolute atomic E-state index is 11.7. The first-order valence-corrected chi connectivity index (χ1v) is 6.52. The van der Waals surface area contributed by atoms with Gasteiger partial charge in [0.15, 0.2) is 0 Å². The minimum Gasteiger partial charge on any atom is -0.481 e. The Kier molecular flexibility index (Phi) is 3.38. The molecule has 0 aromatic heterocycles. The number of benzene rings is 1. The summed E-state index contributed by atoms with van der Waals surface area (Å²) in [5.41, 5.74) is 0.712. The Bertz CT molecular complexity index is 444. The maximum atomic E-state index is 11.7. The number of thioether (sulfide) groups is 1. The second kappa shape index (κ2) is 4.79. The van der Waals surface area contributed by atoms with Gasteiger partial charge < -0.3 is 10.4 Å². The number of aliphatic carboxylic acids is 1. The van der Waals surface area contributed by atoms with Gasteiger partial charge >= 0.3 is 5.97 Å². The monoisotopic (exact) mass is 251 g/mol. The Balaban J connectivity index is 1.93. The predicted octanol–water partition coefficient (Wildman–Crippen LogP) is 2.07. The predicted molar refractivity (Wildman–Crippen MR) is 66.1 cm³/mol. The summed E-state index contributed by atoms with van der Waals surface area (Å²) in [5.74, 6) is -1.95. The molecule has 1 aromatic carbocycles. The number of carbonyl (C=O) groups is 2. The molecule has 0 saturated heterocycles. The number of carboxylic acid groups (broad SMARTS) is 1. The summed E-state index contributed by atoms with van der Waals surface area (Å²) in [7, 11) is 0. The van der Waals surface area contributed by atoms with Crippen molar-refractivity contribution in [3.8, 4) is 0 Å². The molecule has 1 amide bonds. The lowest BCUT2D eigenvalue weighted by molar-refractivity contribution is -0.139. The molecule has 1 aliphatic rings. The van der Waals surface area contributed by atoms with Crippen LogP contribution in [-0.2, 0) is 9.59 Å². The third kappa shape index (κ3) is 2.79. The number of rotatable bonds is 4. The van der Waals surface area contributed by atoms with Crippen molar-refractivity contribution in [2.24, 2.45) is 11.8 Å². The molecule has 1 aliphatic carbocycles. The first-order chi connectivity index (χ1) is 8.11. The van der Waals surface area contributed by atoms with Crippen LogP contribution in [0.5, 0.6) is 0 Å². The van der Waals surface area contributed by atoms with E-state index in [9.17, 15) is 9.59 Å². The van der Waals surface area contributed by atoms with Crippen LogP contribution in [0.15, 0.2) is 29.2 Å². The van der Waals surface area contributed by atoms with Gasteiger partial charge in [0.2, 0.25) is 5.91 Å². The summed E-state index contributed by atoms with van der Waals surface area (Å²) in [6, 6.07) is 7.48. The van der Waals surface area contributed by atoms with Gasteiger partial charge in [-0.3, -0.25) is 9.59 Å². The average Bonchev–Trinajstić information content (AvgIpc) is 3.10. The van der Waals surface area contributed by atoms with E-state index in [1.165, 1.54) is 0 Å². The summed E-state index contributed by atoms with van der Waals surface area (Å²) < 4.78 is 0. The number of carbonyl (C=O) groups excluding carboxylic acids is 1. The molecule has 90 valence electrons. The van der Waals surface area contributed by atoms with Crippen molar-refractivity contribution in [3.05, 3.63) is 24.3 Å². The molecule has 4 nitrogen and oxygen atoms in total. The average molecular weight is 251 g/mol. The molecular weight excluding hydrogens is 238 g/mol. The minimum absolute atomic E-state index is 0.200. The molecule has 0 bridgehead atoms. The summed E-state index contributed by atoms with van der Waals surface area (Å²) >= 11 is 1.63. The van der Waals surface area contributed by atoms with Crippen molar-refractivity contribution in [1.82, 2.24) is 0 Å². The van der Waals surface area contributed by atoms with Crippen LogP contribution in [0.1, 0.15) is 6.42 Å². The summed E-state index contributed by atoms with van der Waals surface area (Å²) in [6.07, 6.45) is 2.43. The Labute approximate surface area is 103 Å². The van der Waals surface area contributed by atoms with Crippen LogP contribution in [0.3, 0.4) is 0 Å². The Morgan fingerprint density at radius 3 is 2.41 bits per heavy atom. The third-order valence-electron chi connectivity index (χ3n) is 2.80. The lowest BCUT2D eigenvalue weighted by Gasteiger charge is -2.04. The smallest absolute Gasteiger partial charge is 0.307 e. The van der Waals surface area contributed by atoms with Gasteiger partial charge in [-0.1, -0.05) is 0 Å². The van der Waals surface area contributed by atoms with Gasteiger partial charge in [0.25, 0.3) is 0 Å². The summed E-state index contributed by atoms with van der Waals surface area (Å²) in [6.45, 7) is 0. The second-order valence-electron chi connectivity index (χ2n) is 4.00. The van der Waals surface area contributed by atoms with Gasteiger partial charge in [-0.25, -0.2) is 0 Å². The summed E-state index contributed by atoms with van der Waals surface area (Å²) in [4.78, 5) is 23.4. The van der Waals surface area contributed by atoms with E-state index >= 15 is 0 Å². The molecule has 1 fully saturated rings. The van der Waals surface area contributed by atoms with Gasteiger partial charge in [-0.2, -0.15) is 0 Å². The second-order valence-corrected chi connectivity index (χ2v) is 4.88. The number of amides is 1. The molecule has 2 unspecified atom stereocenters. The van der Waals surface area contributed by atoms with Crippen LogP contribution < -0.4 is 5.32 Å². The molecule has 1 saturated carbocycles. The lowest BCUT2D eigenvalue weighted by Crippen LogP contribution is -2.16. The maximum Gasteiger partial charge on any atom is 0.307 e. The van der Waals surface area contributed by atoms with Gasteiger partial charge in [-0.05, 0) is 36.9 Å². The quantitative estimate of drug-likeness (QED) is 0.804. The number of nitrogens with one attached hydrogen (secondary N) is 1. The van der Waals surface area contributed by atoms with E-state index in [-0.39, 0.29) is 11.8 Å². The van der Waals surface area contributed by atoms with E-state index in [1.807, 2.05) is 30.5 Å². The zero-order valence-corrected chi connectivity index (χ0v) is 10.2. The zero-order valence-electron chi connectivity index (χ0n) is 9.34. The van der Waals surface area contributed by atoms with Gasteiger partial charge in [0, 0.05) is 10.6 Å². The Hall–Kier alpha value is -1.49. The molecule has 17 heavy (non-hydrogen) atoms. The molecule has 0 heterocycles. The highest BCUT2D eigenvalue weighted by atomic mass is 32.2. The number of carboxylic acids is 1. The zero-order chi connectivity index (χ0) is 12.4. The van der Waals surface area contributed by atoms with Crippen LogP contribution >= 0.6 is 11.8 Å². The first-order valence-electron chi connectivity index (χ1n) is 5.29. The van der Waals surface area contributed by atoms with Crippen LogP contribution in [0, 0.1) is 11.8 Å². The highest BCUT2D eigenvalue weighted by Crippen LogP contribution is 2.39. The fraction of sp³-hybridized carbons (Fsp3) is 0.333. The minimum atomic E-state index is -0.886. The van der Waals surface area contributed by atoms with Gasteiger partial charge in [-0.15, -0.1) is 11.8 Å². The van der Waals surface area contributed by atoms with Crippen molar-refractivity contribution in [2.75, 3.05) is 11.6 Å². The Morgan fingerprint density at radius 1 is 1.29 bits per heavy atom. The molecule has 5 heteroatoms. The Morgan fingerprint density at radius 2 is 1.94 bits per heavy atom. The van der Waals surface area contributed by atoms with Crippen molar-refractivity contribution in [2.45, 2.75) is 11.3 Å². The molecule has 0 radical (unpaired) electrons. The van der Waals surface area contributed by atoms with Crippen molar-refractivity contribution in [3.63, 3.8) is 0 Å².